The van der Waals surface area contributed by atoms with Crippen molar-refractivity contribution in [1.29, 1.82) is 0 Å². The average Bonchev–Trinajstić information content (AvgIpc) is 2.64. The summed E-state index contributed by atoms with van der Waals surface area (Å²) >= 11 is 0. The summed E-state index contributed by atoms with van der Waals surface area (Å²) in [6.07, 6.45) is 4.80. The Bertz CT molecular complexity index is 745. The first-order valence-electron chi connectivity index (χ1n) is 10.1. The molecule has 0 fully saturated rings. The molecule has 2 aromatic rings. The summed E-state index contributed by atoms with van der Waals surface area (Å²) in [5.74, 6) is 0.768. The first-order valence-corrected chi connectivity index (χ1v) is 10.1. The van der Waals surface area contributed by atoms with Gasteiger partial charge >= 0.3 is 5.63 Å². The molecule has 1 aromatic carbocycles. The van der Waals surface area contributed by atoms with Gasteiger partial charge in [0, 0.05) is 17.5 Å². The number of fused-ring (bicyclic) bond motifs is 1. The molecule has 152 valence electrons. The Morgan fingerprint density at radius 2 is 1.63 bits per heavy atom. The van der Waals surface area contributed by atoms with E-state index < -0.39 is 0 Å². The molecule has 0 saturated carbocycles. The largest absolute Gasteiger partial charge is 1.00 e. The van der Waals surface area contributed by atoms with E-state index in [1.165, 1.54) is 56.0 Å². The highest BCUT2D eigenvalue weighted by molar-refractivity contribution is 5.81. The first-order chi connectivity index (χ1) is 12.5. The van der Waals surface area contributed by atoms with Crippen LogP contribution in [-0.4, -0.2) is 37.3 Å². The lowest BCUT2D eigenvalue weighted by Crippen LogP contribution is -3.00. The number of halogens is 1. The van der Waals surface area contributed by atoms with Gasteiger partial charge in [0.25, 0.3) is 0 Å². The van der Waals surface area contributed by atoms with Gasteiger partial charge in [-0.15, -0.1) is 0 Å². The molecule has 0 unspecified atom stereocenters. The van der Waals surface area contributed by atoms with Gasteiger partial charge < -0.3 is 30.6 Å². The smallest absolute Gasteiger partial charge is 0.336 e. The van der Waals surface area contributed by atoms with Crippen LogP contribution in [0.25, 0.3) is 11.0 Å². The molecule has 0 atom stereocenters. The maximum Gasteiger partial charge on any atom is 0.336 e. The second kappa shape index (κ2) is 11.5. The minimum absolute atomic E-state index is 0. The van der Waals surface area contributed by atoms with Crippen molar-refractivity contribution < 1.29 is 30.6 Å². The van der Waals surface area contributed by atoms with Crippen LogP contribution in [0.1, 0.15) is 52.0 Å². The number of benzene rings is 1. The van der Waals surface area contributed by atoms with Crippen LogP contribution < -0.4 is 27.3 Å². The highest BCUT2D eigenvalue weighted by Gasteiger charge is 2.19. The molecule has 0 aliphatic heterocycles. The number of nitrogens with zero attached hydrogens (tertiary/aromatic N) is 1. The topological polar surface area (TPSA) is 39.4 Å². The molecule has 0 N–H and O–H groups in total. The van der Waals surface area contributed by atoms with Crippen LogP contribution in [0, 0.1) is 6.92 Å². The summed E-state index contributed by atoms with van der Waals surface area (Å²) < 4.78 is 12.3. The molecular weight excluding hydrogens is 406 g/mol. The second-order valence-electron chi connectivity index (χ2n) is 7.18. The molecule has 0 aliphatic rings. The molecule has 0 saturated heterocycles. The van der Waals surface area contributed by atoms with E-state index in [4.69, 9.17) is 9.15 Å². The van der Waals surface area contributed by atoms with Crippen LogP contribution in [0.2, 0.25) is 0 Å². The Hall–Kier alpha value is -1.33. The summed E-state index contributed by atoms with van der Waals surface area (Å²) in [6.45, 7) is 14.5. The van der Waals surface area contributed by atoms with Crippen LogP contribution in [0.3, 0.4) is 0 Å². The Kier molecular flexibility index (Phi) is 10.1. The van der Waals surface area contributed by atoms with Gasteiger partial charge in [-0.3, -0.25) is 0 Å². The number of aryl methyl sites for hydroxylation is 1. The van der Waals surface area contributed by atoms with Crippen LogP contribution in [-0.2, 0) is 0 Å². The summed E-state index contributed by atoms with van der Waals surface area (Å²) in [4.78, 5) is 11.5. The van der Waals surface area contributed by atoms with Crippen LogP contribution in [0.5, 0.6) is 5.75 Å². The zero-order valence-electron chi connectivity index (χ0n) is 17.2. The molecule has 2 rings (SSSR count). The van der Waals surface area contributed by atoms with E-state index in [1.54, 1.807) is 0 Å². The fourth-order valence-electron chi connectivity index (χ4n) is 3.63. The summed E-state index contributed by atoms with van der Waals surface area (Å²) in [5, 5.41) is 0.960. The van der Waals surface area contributed by atoms with E-state index in [-0.39, 0.29) is 22.6 Å². The van der Waals surface area contributed by atoms with Crippen LogP contribution in [0.4, 0.5) is 0 Å². The maximum absolute atomic E-state index is 11.5. The lowest BCUT2D eigenvalue weighted by atomic mass is 10.1. The zero-order valence-corrected chi connectivity index (χ0v) is 18.8. The highest BCUT2D eigenvalue weighted by Crippen LogP contribution is 2.22. The Morgan fingerprint density at radius 3 is 2.30 bits per heavy atom. The molecule has 0 aliphatic carbocycles. The van der Waals surface area contributed by atoms with Crippen LogP contribution >= 0.6 is 0 Å². The predicted molar refractivity (Wildman–Crippen MR) is 108 cm³/mol. The van der Waals surface area contributed by atoms with Gasteiger partial charge in [-0.1, -0.05) is 0 Å². The third kappa shape index (κ3) is 6.65. The molecule has 5 heteroatoms. The fourth-order valence-corrected chi connectivity index (χ4v) is 3.63. The maximum atomic E-state index is 11.5. The quantitative estimate of drug-likeness (QED) is 0.305. The number of rotatable bonds is 11. The fraction of sp³-hybridized carbons (Fsp3) is 0.591. The zero-order chi connectivity index (χ0) is 19.0. The van der Waals surface area contributed by atoms with Crippen molar-refractivity contribution in [3.8, 4) is 5.75 Å². The van der Waals surface area contributed by atoms with Crippen molar-refractivity contribution >= 4 is 11.0 Å². The van der Waals surface area contributed by atoms with Gasteiger partial charge in [0.2, 0.25) is 0 Å². The SMILES string of the molecule is CC[N+](CC)(CC)CCCCCCOc1ccc2c(C)cc(=O)oc2c1.[Br-]. The summed E-state index contributed by atoms with van der Waals surface area (Å²) in [5.41, 5.74) is 1.22. The third-order valence-electron chi connectivity index (χ3n) is 5.73. The normalized spacial score (nSPS) is 11.4. The number of hydrogen-bond donors (Lipinski definition) is 0. The van der Waals surface area contributed by atoms with Gasteiger partial charge in [0.15, 0.2) is 0 Å². The Balaban J connectivity index is 0.00000364. The lowest BCUT2D eigenvalue weighted by molar-refractivity contribution is -0.923. The van der Waals surface area contributed by atoms with E-state index in [0.29, 0.717) is 12.2 Å². The molecule has 0 radical (unpaired) electrons. The van der Waals surface area contributed by atoms with E-state index in [9.17, 15) is 4.79 Å². The average molecular weight is 440 g/mol. The van der Waals surface area contributed by atoms with E-state index >= 15 is 0 Å². The van der Waals surface area contributed by atoms with E-state index in [0.717, 1.165) is 23.1 Å². The van der Waals surface area contributed by atoms with Crippen molar-refractivity contribution in [2.24, 2.45) is 0 Å². The number of unbranched alkanes of at least 4 members (excludes halogenated alkanes) is 3. The van der Waals surface area contributed by atoms with Crippen molar-refractivity contribution in [3.05, 3.63) is 40.2 Å². The van der Waals surface area contributed by atoms with E-state index in [2.05, 4.69) is 20.8 Å². The van der Waals surface area contributed by atoms with Gasteiger partial charge in [-0.2, -0.15) is 0 Å². The number of ether oxygens (including phenoxy) is 1. The van der Waals surface area contributed by atoms with E-state index in [1.807, 2.05) is 25.1 Å². The second-order valence-corrected chi connectivity index (χ2v) is 7.18. The van der Waals surface area contributed by atoms with Gasteiger partial charge in [-0.25, -0.2) is 4.79 Å². The first kappa shape index (κ1) is 23.7. The van der Waals surface area contributed by atoms with Gasteiger partial charge in [-0.05, 0) is 71.1 Å². The molecule has 1 aromatic heterocycles. The van der Waals surface area contributed by atoms with Crippen molar-refractivity contribution in [3.63, 3.8) is 0 Å². The Labute approximate surface area is 173 Å². The standard InChI is InChI=1S/C22H34NO3.BrH/c1-5-23(6-2,7-3)14-10-8-9-11-15-25-19-12-13-20-18(4)16-22(24)26-21(20)17-19;/h12-13,16-17H,5-11,14-15H2,1-4H3;1H/q+1;/p-1. The third-order valence-corrected chi connectivity index (χ3v) is 5.73. The molecule has 27 heavy (non-hydrogen) atoms. The lowest BCUT2D eigenvalue weighted by Gasteiger charge is -2.35. The molecular formula is C22H34BrNO3. The monoisotopic (exact) mass is 439 g/mol. The molecule has 0 spiro atoms. The minimum Gasteiger partial charge on any atom is -1.00 e. The summed E-state index contributed by atoms with van der Waals surface area (Å²) in [7, 11) is 0. The van der Waals surface area contributed by atoms with Crippen molar-refractivity contribution in [2.45, 2.75) is 53.4 Å². The van der Waals surface area contributed by atoms with Gasteiger partial charge in [0.1, 0.15) is 11.3 Å². The minimum atomic E-state index is -0.312. The number of hydrogen-bond acceptors (Lipinski definition) is 3. The van der Waals surface area contributed by atoms with Crippen molar-refractivity contribution in [2.75, 3.05) is 32.8 Å². The van der Waals surface area contributed by atoms with Gasteiger partial charge in [0.05, 0.1) is 32.8 Å². The predicted octanol–water partition coefficient (Wildman–Crippen LogP) is 1.92. The summed E-state index contributed by atoms with van der Waals surface area (Å²) in [6, 6.07) is 7.25. The van der Waals surface area contributed by atoms with Crippen molar-refractivity contribution in [1.82, 2.24) is 0 Å². The molecule has 4 nitrogen and oxygen atoms in total. The molecule has 0 bridgehead atoms. The Morgan fingerprint density at radius 1 is 0.963 bits per heavy atom. The molecule has 1 heterocycles. The molecule has 0 amide bonds. The number of quaternary nitrogens is 1. The van der Waals surface area contributed by atoms with Crippen LogP contribution in [0.15, 0.2) is 33.5 Å². The highest BCUT2D eigenvalue weighted by atomic mass is 79.9.